The van der Waals surface area contributed by atoms with Crippen LogP contribution in [0.1, 0.15) is 86.7 Å². The summed E-state index contributed by atoms with van der Waals surface area (Å²) in [7, 11) is 0. The lowest BCUT2D eigenvalue weighted by atomic mass is 9.71. The van der Waals surface area contributed by atoms with E-state index < -0.39 is 5.41 Å². The first kappa shape index (κ1) is 36.7. The van der Waals surface area contributed by atoms with Gasteiger partial charge in [0, 0.05) is 35.0 Å². The number of hydrogen-bond donors (Lipinski definition) is 0. The molecule has 2 heteroatoms. The molecule has 4 aliphatic carbocycles. The lowest BCUT2D eigenvalue weighted by Crippen LogP contribution is -2.25. The summed E-state index contributed by atoms with van der Waals surface area (Å²) in [5.41, 5.74) is 16.2. The van der Waals surface area contributed by atoms with Crippen LogP contribution in [0.5, 0.6) is 5.75 Å². The lowest BCUT2D eigenvalue weighted by Gasteiger charge is -2.30. The Hall–Kier alpha value is -6.64. The second-order valence-electron chi connectivity index (χ2n) is 16.2. The second-order valence-corrected chi connectivity index (χ2v) is 16.2. The number of para-hydroxylation sites is 1. The fourth-order valence-corrected chi connectivity index (χ4v) is 10.1. The molecule has 5 aromatic carbocycles. The van der Waals surface area contributed by atoms with Crippen molar-refractivity contribution in [2.24, 2.45) is 0 Å². The third kappa shape index (κ3) is 6.54. The first-order valence-corrected chi connectivity index (χ1v) is 21.2. The highest BCUT2D eigenvalue weighted by atomic mass is 16.5. The Balaban J connectivity index is 1.01. The summed E-state index contributed by atoms with van der Waals surface area (Å²) < 4.78 is 6.37. The number of hydrogen-bond acceptors (Lipinski definition) is 2. The van der Waals surface area contributed by atoms with Gasteiger partial charge in [0.25, 0.3) is 0 Å². The number of allylic oxidation sites excluding steroid dienone is 9. The van der Waals surface area contributed by atoms with Gasteiger partial charge in [0.15, 0.2) is 0 Å². The molecular weight excluding hydrogens is 715 g/mol. The maximum Gasteiger partial charge on any atom is 0.128 e. The van der Waals surface area contributed by atoms with Crippen LogP contribution in [0.3, 0.4) is 0 Å². The molecule has 59 heavy (non-hydrogen) atoms. The van der Waals surface area contributed by atoms with Gasteiger partial charge in [-0.25, -0.2) is 0 Å². The number of fused-ring (bicyclic) bond motifs is 7. The second kappa shape index (κ2) is 15.6. The molecule has 0 saturated heterocycles. The smallest absolute Gasteiger partial charge is 0.128 e. The molecule has 0 bridgehead atoms. The molecule has 0 saturated carbocycles. The zero-order chi connectivity index (χ0) is 39.8. The highest BCUT2D eigenvalue weighted by molar-refractivity contribution is 5.87. The maximum absolute atomic E-state index is 6.37. The van der Waals surface area contributed by atoms with Crippen LogP contribution in [0, 0.1) is 0 Å². The molecule has 0 spiro atoms. The molecule has 0 N–H and O–H groups in total. The van der Waals surface area contributed by atoms with Crippen molar-refractivity contribution in [1.82, 2.24) is 4.90 Å². The molecule has 0 amide bonds. The predicted molar refractivity (Wildman–Crippen MR) is 246 cm³/mol. The van der Waals surface area contributed by atoms with Gasteiger partial charge in [-0.3, -0.25) is 0 Å². The monoisotopic (exact) mass is 763 g/mol. The Bertz CT molecular complexity index is 2620. The van der Waals surface area contributed by atoms with Crippen LogP contribution in [0.25, 0.3) is 17.7 Å². The molecule has 2 nitrogen and oxygen atoms in total. The zero-order valence-electron chi connectivity index (χ0n) is 33.5. The van der Waals surface area contributed by atoms with Gasteiger partial charge < -0.3 is 9.64 Å². The third-order valence-electron chi connectivity index (χ3n) is 12.9. The summed E-state index contributed by atoms with van der Waals surface area (Å²) >= 11 is 0. The van der Waals surface area contributed by atoms with Gasteiger partial charge in [0.1, 0.15) is 11.9 Å². The predicted octanol–water partition coefficient (Wildman–Crippen LogP) is 13.6. The first-order chi connectivity index (χ1) is 29.1. The van der Waals surface area contributed by atoms with Crippen molar-refractivity contribution in [2.75, 3.05) is 0 Å². The number of ether oxygens (including phenoxy) is 1. The van der Waals surface area contributed by atoms with Crippen molar-refractivity contribution in [1.29, 1.82) is 0 Å². The van der Waals surface area contributed by atoms with Crippen molar-refractivity contribution < 1.29 is 4.74 Å². The number of nitrogens with zero attached hydrogens (tertiary/aromatic N) is 1. The van der Waals surface area contributed by atoms with Crippen LogP contribution in [0.2, 0.25) is 0 Å². The van der Waals surface area contributed by atoms with Crippen LogP contribution in [0.4, 0.5) is 0 Å². The fourth-order valence-electron chi connectivity index (χ4n) is 10.1. The largest absolute Gasteiger partial charge is 0.485 e. The molecular formula is C57H49NO. The minimum Gasteiger partial charge on any atom is -0.485 e. The topological polar surface area (TPSA) is 12.5 Å². The Morgan fingerprint density at radius 1 is 0.814 bits per heavy atom. The summed E-state index contributed by atoms with van der Waals surface area (Å²) in [6.07, 6.45) is 34.9. The van der Waals surface area contributed by atoms with Crippen molar-refractivity contribution >= 4 is 17.7 Å². The molecule has 10 rings (SSSR count). The summed E-state index contributed by atoms with van der Waals surface area (Å²) in [4.78, 5) is 2.25. The number of benzene rings is 5. The average Bonchev–Trinajstić information content (AvgIpc) is 3.85. The molecule has 3 atom stereocenters. The van der Waals surface area contributed by atoms with E-state index in [0.29, 0.717) is 0 Å². The van der Waals surface area contributed by atoms with E-state index >= 15 is 0 Å². The van der Waals surface area contributed by atoms with Crippen molar-refractivity contribution in [3.05, 3.63) is 262 Å². The Labute approximate surface area is 349 Å². The summed E-state index contributed by atoms with van der Waals surface area (Å²) in [6.45, 7) is 9.09. The summed E-state index contributed by atoms with van der Waals surface area (Å²) in [5, 5.41) is 0. The Morgan fingerprint density at radius 3 is 2.32 bits per heavy atom. The van der Waals surface area contributed by atoms with E-state index in [-0.39, 0.29) is 17.9 Å². The van der Waals surface area contributed by atoms with Crippen molar-refractivity contribution in [2.45, 2.75) is 55.5 Å². The fraction of sp³-hybridized carbons (Fsp3) is 0.158. The van der Waals surface area contributed by atoms with Gasteiger partial charge in [0.2, 0.25) is 0 Å². The van der Waals surface area contributed by atoms with E-state index in [1.54, 1.807) is 5.56 Å². The van der Waals surface area contributed by atoms with Crippen LogP contribution < -0.4 is 4.74 Å². The summed E-state index contributed by atoms with van der Waals surface area (Å²) in [5.74, 6) is 1.26. The molecule has 3 unspecified atom stereocenters. The highest BCUT2D eigenvalue weighted by Crippen LogP contribution is 2.50. The van der Waals surface area contributed by atoms with Crippen LogP contribution in [0.15, 0.2) is 207 Å². The van der Waals surface area contributed by atoms with Gasteiger partial charge in [-0.2, -0.15) is 0 Å². The minimum atomic E-state index is -0.417. The molecule has 0 radical (unpaired) electrons. The normalized spacial score (nSPS) is 19.5. The van der Waals surface area contributed by atoms with Gasteiger partial charge in [-0.05, 0) is 118 Å². The van der Waals surface area contributed by atoms with Crippen molar-refractivity contribution in [3.63, 3.8) is 0 Å². The lowest BCUT2D eigenvalue weighted by molar-refractivity contribution is 0.267. The standard InChI is InChI=1S/C57H49NO/c1-3-41(52-37-42-19-10-11-25-47(42)49-27-12-13-28-50(49)52)20-18-36-58(46-34-35-56-53(38-46)51-29-15-17-31-55(51)59-56)40(2)32-33-43-39-57(44-21-6-4-7-22-44,45-23-8-5-9-24-45)54-30-16-14-26-48(43)54/h3-10,13-19,21-24,26,28-39,41,53,56H,1-2,11-12,20,25,27H2/b33-32-,36-18+. The quantitative estimate of drug-likeness (QED) is 0.0981. The van der Waals surface area contributed by atoms with E-state index in [2.05, 4.69) is 200 Å². The molecule has 5 aromatic rings. The molecule has 1 heterocycles. The van der Waals surface area contributed by atoms with Crippen LogP contribution >= 0.6 is 0 Å². The van der Waals surface area contributed by atoms with E-state index in [1.807, 2.05) is 6.07 Å². The third-order valence-corrected chi connectivity index (χ3v) is 12.9. The van der Waals surface area contributed by atoms with E-state index in [0.717, 1.165) is 49.2 Å². The molecule has 0 fully saturated rings. The van der Waals surface area contributed by atoms with Crippen molar-refractivity contribution in [3.8, 4) is 5.75 Å². The molecule has 1 aliphatic heterocycles. The van der Waals surface area contributed by atoms with Crippen LogP contribution in [-0.2, 0) is 18.3 Å². The Morgan fingerprint density at radius 2 is 1.53 bits per heavy atom. The minimum absolute atomic E-state index is 0.0162. The van der Waals surface area contributed by atoms with Gasteiger partial charge in [-0.1, -0.05) is 164 Å². The van der Waals surface area contributed by atoms with Gasteiger partial charge >= 0.3 is 0 Å². The van der Waals surface area contributed by atoms with E-state index in [9.17, 15) is 0 Å². The molecule has 0 aromatic heterocycles. The van der Waals surface area contributed by atoms with E-state index in [1.165, 1.54) is 55.6 Å². The number of rotatable bonds is 11. The summed E-state index contributed by atoms with van der Waals surface area (Å²) in [6, 6.07) is 41.5. The SMILES string of the molecule is C=CC(C/C=C/N(C(=C)/C=C\C1=CC(c2ccccc2)(c2ccccc2)c2ccccc21)C1=CC2c3ccccc3OC2C=C1)c1cc2c(c3c1C=CCC3)CCC=C2. The first-order valence-electron chi connectivity index (χ1n) is 21.2. The maximum atomic E-state index is 6.37. The zero-order valence-corrected chi connectivity index (χ0v) is 33.5. The average molecular weight is 764 g/mol. The van der Waals surface area contributed by atoms with E-state index in [4.69, 9.17) is 11.3 Å². The van der Waals surface area contributed by atoms with Gasteiger partial charge in [-0.15, -0.1) is 6.58 Å². The highest BCUT2D eigenvalue weighted by Gasteiger charge is 2.40. The molecule has 288 valence electrons. The molecule has 5 aliphatic rings. The Kier molecular flexibility index (Phi) is 9.70. The van der Waals surface area contributed by atoms with Crippen LogP contribution in [-0.4, -0.2) is 11.0 Å². The van der Waals surface area contributed by atoms with Gasteiger partial charge in [0.05, 0.1) is 5.41 Å².